The maximum absolute atomic E-state index is 5.21. The van der Waals surface area contributed by atoms with E-state index in [4.69, 9.17) is 18.1 Å². The summed E-state index contributed by atoms with van der Waals surface area (Å²) in [5.41, 5.74) is 2.46. The molecule has 0 amide bonds. The zero-order chi connectivity index (χ0) is 10.4. The van der Waals surface area contributed by atoms with Gasteiger partial charge in [-0.1, -0.05) is 19.3 Å². The smallest absolute Gasteiger partial charge is 0.180 e. The molecule has 1 saturated carbocycles. The van der Waals surface area contributed by atoms with Crippen molar-refractivity contribution in [2.75, 3.05) is 12.8 Å². The zero-order valence-corrected chi connectivity index (χ0v) is 10.3. The van der Waals surface area contributed by atoms with Gasteiger partial charge in [0, 0.05) is 11.3 Å². The Kier molecular flexibility index (Phi) is 4.98. The molecule has 0 saturated heterocycles. The Balaban J connectivity index is 2.39. The third-order valence-corrected chi connectivity index (χ3v) is 4.58. The molecule has 0 heterocycles. The second-order valence-electron chi connectivity index (χ2n) is 3.77. The normalized spacial score (nSPS) is 20.1. The fourth-order valence-corrected chi connectivity index (χ4v) is 2.93. The first-order chi connectivity index (χ1) is 6.72. The molecule has 3 nitrogen and oxygen atoms in total. The van der Waals surface area contributed by atoms with Gasteiger partial charge in [-0.05, 0) is 31.3 Å². The van der Waals surface area contributed by atoms with Crippen molar-refractivity contribution < 1.29 is 0 Å². The maximum atomic E-state index is 5.21. The van der Waals surface area contributed by atoms with Crippen LogP contribution in [0.15, 0.2) is 0 Å². The number of hydrogen-bond donors (Lipinski definition) is 3. The molecule has 1 aliphatic rings. The summed E-state index contributed by atoms with van der Waals surface area (Å²) in [5, 5.41) is 3.71. The lowest BCUT2D eigenvalue weighted by molar-refractivity contribution is 0.394. The Hall–Kier alpha value is -0.0000000000000000486. The second-order valence-corrected chi connectivity index (χ2v) is 5.46. The summed E-state index contributed by atoms with van der Waals surface area (Å²) in [7, 11) is 0. The van der Waals surface area contributed by atoms with E-state index in [0.717, 1.165) is 6.54 Å². The van der Waals surface area contributed by atoms with E-state index in [1.165, 1.54) is 32.1 Å². The molecule has 0 radical (unpaired) electrons. The van der Waals surface area contributed by atoms with E-state index in [-0.39, 0.29) is 0 Å². The molecule has 1 aliphatic carbocycles. The Morgan fingerprint density at radius 1 is 1.43 bits per heavy atom. The van der Waals surface area contributed by atoms with Crippen molar-refractivity contribution in [1.29, 1.82) is 0 Å². The van der Waals surface area contributed by atoms with Crippen molar-refractivity contribution in [3.05, 3.63) is 0 Å². The van der Waals surface area contributed by atoms with E-state index in [2.05, 4.69) is 17.0 Å². The summed E-state index contributed by atoms with van der Waals surface area (Å²) < 4.78 is 0.374. The molecular formula is C9H19N3S2. The molecule has 0 aliphatic heterocycles. The first-order valence-corrected chi connectivity index (χ1v) is 6.65. The SMILES string of the molecule is CSC1(CNC(=S)NN)CCCCC1. The van der Waals surface area contributed by atoms with E-state index >= 15 is 0 Å². The monoisotopic (exact) mass is 233 g/mol. The third kappa shape index (κ3) is 3.29. The minimum Gasteiger partial charge on any atom is -0.360 e. The van der Waals surface area contributed by atoms with Gasteiger partial charge in [-0.3, -0.25) is 0 Å². The van der Waals surface area contributed by atoms with Crippen molar-refractivity contribution in [1.82, 2.24) is 10.7 Å². The van der Waals surface area contributed by atoms with Crippen molar-refractivity contribution in [3.8, 4) is 0 Å². The molecular weight excluding hydrogens is 214 g/mol. The number of hydrogen-bond acceptors (Lipinski definition) is 3. The summed E-state index contributed by atoms with van der Waals surface area (Å²) in [6, 6.07) is 0. The number of thiocarbonyl (C=S) groups is 1. The van der Waals surface area contributed by atoms with Crippen LogP contribution < -0.4 is 16.6 Å². The van der Waals surface area contributed by atoms with E-state index in [9.17, 15) is 0 Å². The van der Waals surface area contributed by atoms with Crippen LogP contribution in [-0.2, 0) is 0 Å². The van der Waals surface area contributed by atoms with E-state index in [0.29, 0.717) is 9.86 Å². The van der Waals surface area contributed by atoms with Crippen LogP contribution in [0.5, 0.6) is 0 Å². The lowest BCUT2D eigenvalue weighted by Gasteiger charge is -2.36. The van der Waals surface area contributed by atoms with Gasteiger partial charge in [0.2, 0.25) is 0 Å². The highest BCUT2D eigenvalue weighted by Crippen LogP contribution is 2.37. The molecule has 1 rings (SSSR count). The van der Waals surface area contributed by atoms with Crippen molar-refractivity contribution >= 4 is 29.1 Å². The zero-order valence-electron chi connectivity index (χ0n) is 8.64. The van der Waals surface area contributed by atoms with Crippen molar-refractivity contribution in [3.63, 3.8) is 0 Å². The van der Waals surface area contributed by atoms with Crippen LogP contribution in [0.2, 0.25) is 0 Å². The van der Waals surface area contributed by atoms with Gasteiger partial charge in [-0.15, -0.1) is 0 Å². The van der Waals surface area contributed by atoms with Gasteiger partial charge in [-0.2, -0.15) is 11.8 Å². The van der Waals surface area contributed by atoms with E-state index < -0.39 is 0 Å². The Morgan fingerprint density at radius 3 is 2.57 bits per heavy atom. The van der Waals surface area contributed by atoms with Crippen LogP contribution in [0.4, 0.5) is 0 Å². The molecule has 14 heavy (non-hydrogen) atoms. The summed E-state index contributed by atoms with van der Waals surface area (Å²) in [4.78, 5) is 0. The van der Waals surface area contributed by atoms with Gasteiger partial charge >= 0.3 is 0 Å². The fraction of sp³-hybridized carbons (Fsp3) is 0.889. The maximum Gasteiger partial charge on any atom is 0.180 e. The minimum atomic E-state index is 0.374. The summed E-state index contributed by atoms with van der Waals surface area (Å²) in [6.07, 6.45) is 8.81. The van der Waals surface area contributed by atoms with E-state index in [1.54, 1.807) is 0 Å². The topological polar surface area (TPSA) is 50.1 Å². The molecule has 0 atom stereocenters. The van der Waals surface area contributed by atoms with Gasteiger partial charge in [0.05, 0.1) is 0 Å². The van der Waals surface area contributed by atoms with Crippen LogP contribution >= 0.6 is 24.0 Å². The quantitative estimate of drug-likeness (QED) is 0.391. The molecule has 0 aromatic heterocycles. The predicted molar refractivity (Wildman–Crippen MR) is 67.3 cm³/mol. The highest BCUT2D eigenvalue weighted by molar-refractivity contribution is 8.00. The first-order valence-electron chi connectivity index (χ1n) is 5.02. The molecule has 5 heteroatoms. The summed E-state index contributed by atoms with van der Waals surface area (Å²) >= 11 is 6.92. The number of hydrazine groups is 1. The highest BCUT2D eigenvalue weighted by Gasteiger charge is 2.30. The van der Waals surface area contributed by atoms with Crippen LogP contribution in [0, 0.1) is 0 Å². The molecule has 0 aromatic carbocycles. The number of rotatable bonds is 3. The van der Waals surface area contributed by atoms with Crippen molar-refractivity contribution in [2.24, 2.45) is 5.84 Å². The van der Waals surface area contributed by atoms with Crippen LogP contribution in [-0.4, -0.2) is 22.7 Å². The number of thioether (sulfide) groups is 1. The van der Waals surface area contributed by atoms with Gasteiger partial charge in [-0.25, -0.2) is 5.84 Å². The molecule has 4 N–H and O–H groups in total. The van der Waals surface area contributed by atoms with Crippen LogP contribution in [0.3, 0.4) is 0 Å². The molecule has 0 bridgehead atoms. The molecule has 0 unspecified atom stereocenters. The Bertz CT molecular complexity index is 190. The fourth-order valence-electron chi connectivity index (χ4n) is 1.94. The Morgan fingerprint density at radius 2 is 2.07 bits per heavy atom. The average molecular weight is 233 g/mol. The van der Waals surface area contributed by atoms with Gasteiger partial charge < -0.3 is 10.7 Å². The second kappa shape index (κ2) is 5.78. The molecule has 0 aromatic rings. The van der Waals surface area contributed by atoms with Crippen LogP contribution in [0.25, 0.3) is 0 Å². The van der Waals surface area contributed by atoms with Crippen molar-refractivity contribution in [2.45, 2.75) is 36.9 Å². The Labute approximate surface area is 95.5 Å². The number of nitrogens with two attached hydrogens (primary N) is 1. The molecule has 82 valence electrons. The molecule has 0 spiro atoms. The lowest BCUT2D eigenvalue weighted by atomic mass is 9.88. The minimum absolute atomic E-state index is 0.374. The van der Waals surface area contributed by atoms with Gasteiger partial charge in [0.25, 0.3) is 0 Å². The van der Waals surface area contributed by atoms with Crippen LogP contribution in [0.1, 0.15) is 32.1 Å². The highest BCUT2D eigenvalue weighted by atomic mass is 32.2. The van der Waals surface area contributed by atoms with Gasteiger partial charge in [0.1, 0.15) is 0 Å². The average Bonchev–Trinajstić information content (AvgIpc) is 2.27. The first kappa shape index (κ1) is 12.1. The summed E-state index contributed by atoms with van der Waals surface area (Å²) in [5.74, 6) is 5.21. The standard InChI is InChI=1S/C9H19N3S2/c1-14-9(5-3-2-4-6-9)7-11-8(13)12-10/h2-7,10H2,1H3,(H2,11,12,13). The van der Waals surface area contributed by atoms with E-state index in [1.807, 2.05) is 11.8 Å². The van der Waals surface area contributed by atoms with Gasteiger partial charge in [0.15, 0.2) is 5.11 Å². The molecule has 1 fully saturated rings. The summed E-state index contributed by atoms with van der Waals surface area (Å²) in [6.45, 7) is 0.928. The third-order valence-electron chi connectivity index (χ3n) is 2.90. The largest absolute Gasteiger partial charge is 0.360 e. The predicted octanol–water partition coefficient (Wildman–Crippen LogP) is 1.39. The lowest BCUT2D eigenvalue weighted by Crippen LogP contribution is -2.47. The number of nitrogens with one attached hydrogen (secondary N) is 2.